The SMILES string of the molecule is Cc1nc(-c2ccccc2)c(C(=O)OC[C@H]2COc3ccccc3O2)s1. The Balaban J connectivity index is 1.45. The van der Waals surface area contributed by atoms with E-state index in [-0.39, 0.29) is 12.7 Å². The lowest BCUT2D eigenvalue weighted by molar-refractivity contribution is 0.0114. The number of para-hydroxylation sites is 2. The smallest absolute Gasteiger partial charge is 0.350 e. The van der Waals surface area contributed by atoms with Crippen LogP contribution in [0, 0.1) is 6.92 Å². The first-order valence-electron chi connectivity index (χ1n) is 8.29. The summed E-state index contributed by atoms with van der Waals surface area (Å²) < 4.78 is 17.0. The molecule has 0 saturated carbocycles. The van der Waals surface area contributed by atoms with E-state index in [0.717, 1.165) is 10.6 Å². The summed E-state index contributed by atoms with van der Waals surface area (Å²) in [6, 6.07) is 17.1. The third kappa shape index (κ3) is 3.41. The number of carbonyl (C=O) groups is 1. The number of aromatic nitrogens is 1. The van der Waals surface area contributed by atoms with Crippen molar-refractivity contribution in [1.29, 1.82) is 0 Å². The van der Waals surface area contributed by atoms with Crippen LogP contribution in [0.2, 0.25) is 0 Å². The highest BCUT2D eigenvalue weighted by atomic mass is 32.1. The number of esters is 1. The molecule has 0 saturated heterocycles. The fraction of sp³-hybridized carbons (Fsp3) is 0.200. The van der Waals surface area contributed by atoms with Crippen LogP contribution in [0.15, 0.2) is 54.6 Å². The van der Waals surface area contributed by atoms with Crippen LogP contribution in [0.1, 0.15) is 14.7 Å². The monoisotopic (exact) mass is 367 g/mol. The molecular weight excluding hydrogens is 350 g/mol. The van der Waals surface area contributed by atoms with Crippen LogP contribution in [-0.4, -0.2) is 30.3 Å². The molecule has 0 radical (unpaired) electrons. The van der Waals surface area contributed by atoms with Crippen molar-refractivity contribution in [3.8, 4) is 22.8 Å². The molecule has 26 heavy (non-hydrogen) atoms. The molecule has 0 bridgehead atoms. The zero-order chi connectivity index (χ0) is 17.9. The van der Waals surface area contributed by atoms with Gasteiger partial charge in [0, 0.05) is 5.56 Å². The zero-order valence-corrected chi connectivity index (χ0v) is 15.0. The van der Waals surface area contributed by atoms with Crippen LogP contribution in [0.5, 0.6) is 11.5 Å². The van der Waals surface area contributed by atoms with Crippen molar-refractivity contribution in [3.05, 3.63) is 64.5 Å². The summed E-state index contributed by atoms with van der Waals surface area (Å²) in [5.74, 6) is 0.981. The summed E-state index contributed by atoms with van der Waals surface area (Å²) in [5, 5.41) is 0.821. The average molecular weight is 367 g/mol. The maximum absolute atomic E-state index is 12.6. The average Bonchev–Trinajstić information content (AvgIpc) is 3.08. The Morgan fingerprint density at radius 1 is 1.15 bits per heavy atom. The molecule has 0 N–H and O–H groups in total. The molecule has 3 aromatic rings. The van der Waals surface area contributed by atoms with Crippen molar-refractivity contribution in [3.63, 3.8) is 0 Å². The number of carbonyl (C=O) groups excluding carboxylic acids is 1. The van der Waals surface area contributed by atoms with Crippen molar-refractivity contribution in [2.24, 2.45) is 0 Å². The van der Waals surface area contributed by atoms with Gasteiger partial charge in [-0.05, 0) is 19.1 Å². The van der Waals surface area contributed by atoms with Crippen LogP contribution in [0.4, 0.5) is 0 Å². The van der Waals surface area contributed by atoms with E-state index in [0.29, 0.717) is 28.7 Å². The third-order valence-electron chi connectivity index (χ3n) is 3.93. The van der Waals surface area contributed by atoms with Crippen LogP contribution < -0.4 is 9.47 Å². The molecule has 5 nitrogen and oxygen atoms in total. The summed E-state index contributed by atoms with van der Waals surface area (Å²) >= 11 is 1.33. The Bertz CT molecular complexity index is 923. The number of hydrogen-bond acceptors (Lipinski definition) is 6. The maximum Gasteiger partial charge on any atom is 0.350 e. The summed E-state index contributed by atoms with van der Waals surface area (Å²) in [6.07, 6.45) is -0.331. The zero-order valence-electron chi connectivity index (χ0n) is 14.2. The molecule has 4 rings (SSSR count). The highest BCUT2D eigenvalue weighted by Crippen LogP contribution is 2.31. The summed E-state index contributed by atoms with van der Waals surface area (Å²) in [5.41, 5.74) is 1.55. The first kappa shape index (κ1) is 16.6. The topological polar surface area (TPSA) is 57.7 Å². The second-order valence-corrected chi connectivity index (χ2v) is 7.08. The van der Waals surface area contributed by atoms with Gasteiger partial charge in [-0.25, -0.2) is 9.78 Å². The lowest BCUT2D eigenvalue weighted by atomic mass is 10.1. The molecule has 132 valence electrons. The Morgan fingerprint density at radius 2 is 1.88 bits per heavy atom. The summed E-state index contributed by atoms with van der Waals surface area (Å²) in [4.78, 5) is 17.6. The number of thiazole rings is 1. The van der Waals surface area contributed by atoms with Crippen LogP contribution in [0.25, 0.3) is 11.3 Å². The largest absolute Gasteiger partial charge is 0.486 e. The number of benzene rings is 2. The van der Waals surface area contributed by atoms with Gasteiger partial charge in [-0.15, -0.1) is 11.3 Å². The highest BCUT2D eigenvalue weighted by molar-refractivity contribution is 7.14. The Kier molecular flexibility index (Phi) is 4.58. The van der Waals surface area contributed by atoms with Gasteiger partial charge in [0.1, 0.15) is 18.1 Å². The van der Waals surface area contributed by atoms with E-state index in [1.54, 1.807) is 0 Å². The molecule has 6 heteroatoms. The minimum Gasteiger partial charge on any atom is -0.486 e. The lowest BCUT2D eigenvalue weighted by Gasteiger charge is -2.25. The number of aryl methyl sites for hydroxylation is 1. The highest BCUT2D eigenvalue weighted by Gasteiger charge is 2.24. The van der Waals surface area contributed by atoms with E-state index < -0.39 is 5.97 Å². The molecule has 0 unspecified atom stereocenters. The Hall–Kier alpha value is -2.86. The van der Waals surface area contributed by atoms with Gasteiger partial charge in [0.2, 0.25) is 0 Å². The van der Waals surface area contributed by atoms with E-state index >= 15 is 0 Å². The number of ether oxygens (including phenoxy) is 3. The van der Waals surface area contributed by atoms with E-state index in [4.69, 9.17) is 14.2 Å². The third-order valence-corrected chi connectivity index (χ3v) is 4.89. The normalized spacial score (nSPS) is 15.5. The Labute approximate surface area is 155 Å². The minimum atomic E-state index is -0.392. The number of rotatable bonds is 4. The van der Waals surface area contributed by atoms with Gasteiger partial charge in [0.25, 0.3) is 0 Å². The summed E-state index contributed by atoms with van der Waals surface area (Å²) in [7, 11) is 0. The first-order chi connectivity index (χ1) is 12.7. The molecule has 0 fully saturated rings. The van der Waals surface area contributed by atoms with Gasteiger partial charge < -0.3 is 14.2 Å². The van der Waals surface area contributed by atoms with Crippen LogP contribution in [0.3, 0.4) is 0 Å². The fourth-order valence-electron chi connectivity index (χ4n) is 2.74. The standard InChI is InChI=1S/C20H17NO4S/c1-13-21-18(14-7-3-2-4-8-14)19(26-13)20(22)24-12-15-11-23-16-9-5-6-10-17(16)25-15/h2-10,15H,11-12H2,1H3/t15-/m1/s1. The van der Waals surface area contributed by atoms with Gasteiger partial charge in [0.15, 0.2) is 17.6 Å². The van der Waals surface area contributed by atoms with Gasteiger partial charge >= 0.3 is 5.97 Å². The fourth-order valence-corrected chi connectivity index (χ4v) is 3.57. The summed E-state index contributed by atoms with van der Waals surface area (Å²) in [6.45, 7) is 2.35. The number of nitrogens with zero attached hydrogens (tertiary/aromatic N) is 1. The molecule has 0 spiro atoms. The van der Waals surface area contributed by atoms with Crippen LogP contribution >= 0.6 is 11.3 Å². The van der Waals surface area contributed by atoms with Crippen molar-refractivity contribution < 1.29 is 19.0 Å². The minimum absolute atomic E-state index is 0.123. The van der Waals surface area contributed by atoms with Crippen LogP contribution in [-0.2, 0) is 4.74 Å². The van der Waals surface area contributed by atoms with E-state index in [9.17, 15) is 4.79 Å². The van der Waals surface area contributed by atoms with Crippen molar-refractivity contribution >= 4 is 17.3 Å². The molecule has 1 aliphatic heterocycles. The molecule has 0 aliphatic carbocycles. The van der Waals surface area contributed by atoms with Gasteiger partial charge in [0.05, 0.1) is 10.7 Å². The van der Waals surface area contributed by atoms with Gasteiger partial charge in [-0.1, -0.05) is 42.5 Å². The number of hydrogen-bond donors (Lipinski definition) is 0. The first-order valence-corrected chi connectivity index (χ1v) is 9.11. The predicted molar refractivity (Wildman–Crippen MR) is 98.9 cm³/mol. The molecule has 1 atom stereocenters. The molecular formula is C20H17NO4S. The Morgan fingerprint density at radius 3 is 2.69 bits per heavy atom. The second-order valence-electron chi connectivity index (χ2n) is 5.87. The van der Waals surface area contributed by atoms with Crippen molar-refractivity contribution in [1.82, 2.24) is 4.98 Å². The lowest BCUT2D eigenvalue weighted by Crippen LogP contribution is -2.34. The van der Waals surface area contributed by atoms with Crippen molar-refractivity contribution in [2.75, 3.05) is 13.2 Å². The van der Waals surface area contributed by atoms with Gasteiger partial charge in [-0.2, -0.15) is 0 Å². The predicted octanol–water partition coefficient (Wildman–Crippen LogP) is 4.12. The van der Waals surface area contributed by atoms with E-state index in [2.05, 4.69) is 4.98 Å². The van der Waals surface area contributed by atoms with Crippen molar-refractivity contribution in [2.45, 2.75) is 13.0 Å². The molecule has 2 aromatic carbocycles. The number of fused-ring (bicyclic) bond motifs is 1. The quantitative estimate of drug-likeness (QED) is 0.650. The maximum atomic E-state index is 12.6. The second kappa shape index (κ2) is 7.17. The molecule has 1 aromatic heterocycles. The molecule has 0 amide bonds. The molecule has 1 aliphatic rings. The van der Waals surface area contributed by atoms with E-state index in [1.807, 2.05) is 61.5 Å². The molecule has 2 heterocycles. The van der Waals surface area contributed by atoms with E-state index in [1.165, 1.54) is 11.3 Å². The van der Waals surface area contributed by atoms with Gasteiger partial charge in [-0.3, -0.25) is 0 Å².